The summed E-state index contributed by atoms with van der Waals surface area (Å²) in [7, 11) is 0. The predicted octanol–water partition coefficient (Wildman–Crippen LogP) is 2.55. The highest BCUT2D eigenvalue weighted by Crippen LogP contribution is 2.23. The van der Waals surface area contributed by atoms with Gasteiger partial charge in [-0.1, -0.05) is 17.3 Å². The third-order valence-electron chi connectivity index (χ3n) is 2.27. The fourth-order valence-corrected chi connectivity index (χ4v) is 1.56. The smallest absolute Gasteiger partial charge is 0.214 e. The molecule has 0 radical (unpaired) electrons. The van der Waals surface area contributed by atoms with Gasteiger partial charge >= 0.3 is 0 Å². The number of aromatic nitrogens is 2. The molecule has 1 heterocycles. The molecular formula is C12H14N4O. The van der Waals surface area contributed by atoms with Crippen LogP contribution in [-0.2, 0) is 0 Å². The number of anilines is 1. The van der Waals surface area contributed by atoms with Gasteiger partial charge in [0.2, 0.25) is 12.2 Å². The average Bonchev–Trinajstić information content (AvgIpc) is 2.81. The van der Waals surface area contributed by atoms with Crippen molar-refractivity contribution in [1.29, 1.82) is 5.41 Å². The van der Waals surface area contributed by atoms with E-state index >= 15 is 0 Å². The molecule has 0 aliphatic heterocycles. The summed E-state index contributed by atoms with van der Waals surface area (Å²) in [5, 5.41) is 14.4. The van der Waals surface area contributed by atoms with Gasteiger partial charge in [-0.3, -0.25) is 0 Å². The minimum Gasteiger partial charge on any atom is -0.382 e. The Morgan fingerprint density at radius 3 is 2.82 bits per heavy atom. The van der Waals surface area contributed by atoms with Crippen LogP contribution in [0.4, 0.5) is 5.69 Å². The van der Waals surface area contributed by atoms with Crippen molar-refractivity contribution in [2.45, 2.75) is 19.9 Å². The molecule has 0 spiro atoms. The van der Waals surface area contributed by atoms with Crippen LogP contribution in [-0.4, -0.2) is 22.4 Å². The molecule has 2 aromatic rings. The van der Waals surface area contributed by atoms with Crippen LogP contribution in [0.5, 0.6) is 0 Å². The maximum atomic E-state index is 7.36. The summed E-state index contributed by atoms with van der Waals surface area (Å²) < 4.78 is 4.72. The monoisotopic (exact) mass is 230 g/mol. The second kappa shape index (κ2) is 4.78. The zero-order chi connectivity index (χ0) is 12.3. The zero-order valence-electron chi connectivity index (χ0n) is 9.77. The highest BCUT2D eigenvalue weighted by atomic mass is 16.5. The predicted molar refractivity (Wildman–Crippen MR) is 66.4 cm³/mol. The van der Waals surface area contributed by atoms with Gasteiger partial charge in [0.05, 0.1) is 0 Å². The first kappa shape index (κ1) is 11.3. The fourth-order valence-electron chi connectivity index (χ4n) is 1.56. The van der Waals surface area contributed by atoms with Gasteiger partial charge in [-0.05, 0) is 19.9 Å². The van der Waals surface area contributed by atoms with E-state index in [4.69, 9.17) is 9.93 Å². The summed E-state index contributed by atoms with van der Waals surface area (Å²) >= 11 is 0. The maximum Gasteiger partial charge on any atom is 0.214 e. The third-order valence-corrected chi connectivity index (χ3v) is 2.27. The van der Waals surface area contributed by atoms with Crippen LogP contribution in [0.2, 0.25) is 0 Å². The SMILES string of the molecule is CC(C)Nc1cc(-c2ncon2)ccc1C=N. The lowest BCUT2D eigenvalue weighted by atomic mass is 10.1. The number of rotatable bonds is 4. The Morgan fingerprint density at radius 2 is 2.24 bits per heavy atom. The largest absolute Gasteiger partial charge is 0.382 e. The summed E-state index contributed by atoms with van der Waals surface area (Å²) in [6.07, 6.45) is 2.63. The zero-order valence-corrected chi connectivity index (χ0v) is 9.77. The van der Waals surface area contributed by atoms with Gasteiger partial charge in [-0.2, -0.15) is 4.98 Å². The van der Waals surface area contributed by atoms with Crippen LogP contribution >= 0.6 is 0 Å². The van der Waals surface area contributed by atoms with Crippen LogP contribution in [0, 0.1) is 5.41 Å². The standard InChI is InChI=1S/C12H14N4O/c1-8(2)15-11-5-9(3-4-10(11)6-13)12-14-7-17-16-12/h3-8,13,15H,1-2H3. The molecule has 0 aliphatic carbocycles. The number of benzene rings is 1. The van der Waals surface area contributed by atoms with Crippen LogP contribution in [0.3, 0.4) is 0 Å². The van der Waals surface area contributed by atoms with E-state index in [2.05, 4.69) is 29.3 Å². The van der Waals surface area contributed by atoms with Crippen molar-refractivity contribution < 1.29 is 4.52 Å². The molecule has 0 aliphatic rings. The summed E-state index contributed by atoms with van der Waals surface area (Å²) in [4.78, 5) is 4.00. The molecule has 88 valence electrons. The first-order valence-corrected chi connectivity index (χ1v) is 5.38. The first-order valence-electron chi connectivity index (χ1n) is 5.38. The summed E-state index contributed by atoms with van der Waals surface area (Å²) in [6.45, 7) is 4.10. The Kier molecular flexibility index (Phi) is 3.18. The van der Waals surface area contributed by atoms with E-state index in [1.807, 2.05) is 18.2 Å². The van der Waals surface area contributed by atoms with Crippen molar-refractivity contribution in [3.8, 4) is 11.4 Å². The van der Waals surface area contributed by atoms with Crippen molar-refractivity contribution in [2.75, 3.05) is 5.32 Å². The van der Waals surface area contributed by atoms with Gasteiger partial charge in [0.25, 0.3) is 0 Å². The summed E-state index contributed by atoms with van der Waals surface area (Å²) in [5.74, 6) is 0.549. The topological polar surface area (TPSA) is 74.8 Å². The van der Waals surface area contributed by atoms with E-state index in [1.165, 1.54) is 12.6 Å². The summed E-state index contributed by atoms with van der Waals surface area (Å²) in [5.41, 5.74) is 2.61. The van der Waals surface area contributed by atoms with Crippen molar-refractivity contribution in [3.63, 3.8) is 0 Å². The minimum absolute atomic E-state index is 0.300. The number of hydrogen-bond acceptors (Lipinski definition) is 5. The van der Waals surface area contributed by atoms with Crippen LogP contribution < -0.4 is 5.32 Å². The van der Waals surface area contributed by atoms with E-state index in [-0.39, 0.29) is 0 Å². The molecule has 1 aromatic heterocycles. The summed E-state index contributed by atoms with van der Waals surface area (Å²) in [6, 6.07) is 5.96. The molecule has 2 N–H and O–H groups in total. The lowest BCUT2D eigenvalue weighted by Crippen LogP contribution is -2.11. The molecule has 0 unspecified atom stereocenters. The molecule has 17 heavy (non-hydrogen) atoms. The van der Waals surface area contributed by atoms with Gasteiger partial charge < -0.3 is 15.2 Å². The van der Waals surface area contributed by atoms with Crippen LogP contribution in [0.25, 0.3) is 11.4 Å². The average molecular weight is 230 g/mol. The molecular weight excluding hydrogens is 216 g/mol. The second-order valence-electron chi connectivity index (χ2n) is 4.00. The van der Waals surface area contributed by atoms with Crippen molar-refractivity contribution in [2.24, 2.45) is 0 Å². The van der Waals surface area contributed by atoms with E-state index in [1.54, 1.807) is 0 Å². The molecule has 0 fully saturated rings. The lowest BCUT2D eigenvalue weighted by molar-refractivity contribution is 0.419. The lowest BCUT2D eigenvalue weighted by Gasteiger charge is -2.13. The molecule has 5 heteroatoms. The van der Waals surface area contributed by atoms with Gasteiger partial charge in [-0.15, -0.1) is 0 Å². The van der Waals surface area contributed by atoms with Crippen molar-refractivity contribution in [1.82, 2.24) is 10.1 Å². The molecule has 5 nitrogen and oxygen atoms in total. The molecule has 2 rings (SSSR count). The third kappa shape index (κ3) is 2.50. The molecule has 0 saturated heterocycles. The maximum absolute atomic E-state index is 7.36. The minimum atomic E-state index is 0.300. The highest BCUT2D eigenvalue weighted by Gasteiger charge is 2.07. The van der Waals surface area contributed by atoms with Crippen molar-refractivity contribution >= 4 is 11.9 Å². The molecule has 0 atom stereocenters. The van der Waals surface area contributed by atoms with Crippen LogP contribution in [0.15, 0.2) is 29.1 Å². The van der Waals surface area contributed by atoms with E-state index in [0.717, 1.165) is 16.8 Å². The van der Waals surface area contributed by atoms with Crippen LogP contribution in [0.1, 0.15) is 19.4 Å². The fraction of sp³-hybridized carbons (Fsp3) is 0.250. The van der Waals surface area contributed by atoms with E-state index < -0.39 is 0 Å². The Balaban J connectivity index is 2.41. The number of nitrogens with zero attached hydrogens (tertiary/aromatic N) is 2. The quantitative estimate of drug-likeness (QED) is 0.791. The molecule has 0 amide bonds. The Morgan fingerprint density at radius 1 is 1.41 bits per heavy atom. The molecule has 0 bridgehead atoms. The molecule has 0 saturated carbocycles. The van der Waals surface area contributed by atoms with Gasteiger partial charge in [0.15, 0.2) is 0 Å². The van der Waals surface area contributed by atoms with E-state index in [0.29, 0.717) is 11.9 Å². The normalized spacial score (nSPS) is 10.5. The first-order chi connectivity index (χ1) is 8.20. The highest BCUT2D eigenvalue weighted by molar-refractivity contribution is 5.87. The van der Waals surface area contributed by atoms with Gasteiger partial charge in [0, 0.05) is 29.1 Å². The van der Waals surface area contributed by atoms with Gasteiger partial charge in [0.1, 0.15) is 0 Å². The number of nitrogens with one attached hydrogen (secondary N) is 2. The van der Waals surface area contributed by atoms with E-state index in [9.17, 15) is 0 Å². The second-order valence-corrected chi connectivity index (χ2v) is 4.00. The Bertz CT molecular complexity index is 505. The van der Waals surface area contributed by atoms with Crippen molar-refractivity contribution in [3.05, 3.63) is 30.2 Å². The Labute approximate surface area is 99.4 Å². The molecule has 1 aromatic carbocycles. The number of hydrogen-bond donors (Lipinski definition) is 2. The van der Waals surface area contributed by atoms with Gasteiger partial charge in [-0.25, -0.2) is 0 Å². The Hall–Kier alpha value is -2.17.